The average molecular weight is 306 g/mol. The second kappa shape index (κ2) is 8.79. The number of nitrogens with one attached hydrogen (secondary N) is 1. The summed E-state index contributed by atoms with van der Waals surface area (Å²) in [7, 11) is 4.10. The summed E-state index contributed by atoms with van der Waals surface area (Å²) in [4.78, 5) is 14.0. The first-order valence-electron chi connectivity index (χ1n) is 7.90. The van der Waals surface area contributed by atoms with E-state index in [9.17, 15) is 4.79 Å². The standard InChI is InChI=1S/C18H30N2O2/c1-15-9-6-7-10-16(15)22-12-8-11-17(21)19-13-18(2,3)14-20(4)5/h6-7,9-10H,8,11-14H2,1-5H3,(H,19,21). The van der Waals surface area contributed by atoms with Gasteiger partial charge < -0.3 is 15.0 Å². The van der Waals surface area contributed by atoms with Gasteiger partial charge in [-0.05, 0) is 44.5 Å². The van der Waals surface area contributed by atoms with Crippen molar-refractivity contribution in [2.45, 2.75) is 33.6 Å². The molecule has 0 aromatic heterocycles. The number of rotatable bonds is 9. The summed E-state index contributed by atoms with van der Waals surface area (Å²) >= 11 is 0. The molecule has 0 spiro atoms. The molecule has 124 valence electrons. The summed E-state index contributed by atoms with van der Waals surface area (Å²) < 4.78 is 5.70. The quantitative estimate of drug-likeness (QED) is 0.713. The van der Waals surface area contributed by atoms with Crippen LogP contribution in [0.4, 0.5) is 0 Å². The van der Waals surface area contributed by atoms with Crippen LogP contribution in [0.3, 0.4) is 0 Å². The smallest absolute Gasteiger partial charge is 0.220 e. The minimum Gasteiger partial charge on any atom is -0.493 e. The van der Waals surface area contributed by atoms with Crippen molar-refractivity contribution in [3.8, 4) is 5.75 Å². The van der Waals surface area contributed by atoms with Crippen molar-refractivity contribution < 1.29 is 9.53 Å². The van der Waals surface area contributed by atoms with Crippen LogP contribution in [0.2, 0.25) is 0 Å². The van der Waals surface area contributed by atoms with Crippen LogP contribution >= 0.6 is 0 Å². The number of aryl methyl sites for hydroxylation is 1. The molecular weight excluding hydrogens is 276 g/mol. The van der Waals surface area contributed by atoms with Crippen LogP contribution in [-0.4, -0.2) is 44.6 Å². The van der Waals surface area contributed by atoms with Crippen LogP contribution in [-0.2, 0) is 4.79 Å². The highest BCUT2D eigenvalue weighted by molar-refractivity contribution is 5.75. The fourth-order valence-corrected chi connectivity index (χ4v) is 2.47. The molecule has 0 radical (unpaired) electrons. The number of carbonyl (C=O) groups excluding carboxylic acids is 1. The lowest BCUT2D eigenvalue weighted by atomic mass is 9.93. The van der Waals surface area contributed by atoms with Crippen LogP contribution in [0.5, 0.6) is 5.75 Å². The molecule has 0 saturated heterocycles. The van der Waals surface area contributed by atoms with Gasteiger partial charge in [0.05, 0.1) is 6.61 Å². The molecule has 0 aliphatic rings. The Bertz CT molecular complexity index is 470. The molecule has 1 amide bonds. The minimum absolute atomic E-state index is 0.0802. The van der Waals surface area contributed by atoms with Crippen molar-refractivity contribution in [3.05, 3.63) is 29.8 Å². The summed E-state index contributed by atoms with van der Waals surface area (Å²) in [5, 5.41) is 3.02. The second-order valence-corrected chi connectivity index (χ2v) is 6.90. The van der Waals surface area contributed by atoms with E-state index in [-0.39, 0.29) is 11.3 Å². The number of carbonyl (C=O) groups is 1. The third kappa shape index (κ3) is 7.46. The number of hydrogen-bond acceptors (Lipinski definition) is 3. The van der Waals surface area contributed by atoms with Crippen LogP contribution in [0.15, 0.2) is 24.3 Å². The van der Waals surface area contributed by atoms with E-state index >= 15 is 0 Å². The monoisotopic (exact) mass is 306 g/mol. The largest absolute Gasteiger partial charge is 0.493 e. The molecule has 4 heteroatoms. The maximum atomic E-state index is 11.9. The van der Waals surface area contributed by atoms with Gasteiger partial charge in [-0.1, -0.05) is 32.0 Å². The third-order valence-corrected chi connectivity index (χ3v) is 3.41. The minimum atomic E-state index is 0.0802. The Kier molecular flexibility index (Phi) is 7.39. The van der Waals surface area contributed by atoms with Crippen molar-refractivity contribution in [2.24, 2.45) is 5.41 Å². The Labute approximate surface area is 134 Å². The van der Waals surface area contributed by atoms with Gasteiger partial charge in [0, 0.05) is 19.5 Å². The van der Waals surface area contributed by atoms with Crippen molar-refractivity contribution in [2.75, 3.05) is 33.8 Å². The predicted octanol–water partition coefficient (Wildman–Crippen LogP) is 2.86. The Hall–Kier alpha value is -1.55. The lowest BCUT2D eigenvalue weighted by Gasteiger charge is -2.28. The van der Waals surface area contributed by atoms with E-state index in [0.29, 0.717) is 19.6 Å². The highest BCUT2D eigenvalue weighted by atomic mass is 16.5. The summed E-state index contributed by atoms with van der Waals surface area (Å²) in [6.07, 6.45) is 1.23. The zero-order chi connectivity index (χ0) is 16.6. The van der Waals surface area contributed by atoms with E-state index in [0.717, 1.165) is 24.3 Å². The van der Waals surface area contributed by atoms with Crippen LogP contribution in [0.1, 0.15) is 32.3 Å². The predicted molar refractivity (Wildman–Crippen MR) is 91.3 cm³/mol. The SMILES string of the molecule is Cc1ccccc1OCCCC(=O)NCC(C)(C)CN(C)C. The lowest BCUT2D eigenvalue weighted by Crippen LogP contribution is -2.39. The molecule has 22 heavy (non-hydrogen) atoms. The van der Waals surface area contributed by atoms with E-state index in [4.69, 9.17) is 4.74 Å². The van der Waals surface area contributed by atoms with Crippen molar-refractivity contribution in [3.63, 3.8) is 0 Å². The maximum absolute atomic E-state index is 11.9. The average Bonchev–Trinajstić information content (AvgIpc) is 2.42. The second-order valence-electron chi connectivity index (χ2n) is 6.90. The number of ether oxygens (including phenoxy) is 1. The Balaban J connectivity index is 2.20. The van der Waals surface area contributed by atoms with Gasteiger partial charge in [0.25, 0.3) is 0 Å². The topological polar surface area (TPSA) is 41.6 Å². The fourth-order valence-electron chi connectivity index (χ4n) is 2.47. The summed E-state index contributed by atoms with van der Waals surface area (Å²) in [5.74, 6) is 0.996. The molecule has 1 rings (SSSR count). The van der Waals surface area contributed by atoms with Gasteiger partial charge >= 0.3 is 0 Å². The van der Waals surface area contributed by atoms with Gasteiger partial charge in [0.15, 0.2) is 0 Å². The normalized spacial score (nSPS) is 11.5. The molecule has 0 saturated carbocycles. The highest BCUT2D eigenvalue weighted by Gasteiger charge is 2.19. The van der Waals surface area contributed by atoms with Gasteiger partial charge in [0.1, 0.15) is 5.75 Å². The van der Waals surface area contributed by atoms with Gasteiger partial charge in [-0.25, -0.2) is 0 Å². The summed E-state index contributed by atoms with van der Waals surface area (Å²) in [6.45, 7) is 8.56. The maximum Gasteiger partial charge on any atom is 0.220 e. The Morgan fingerprint density at radius 3 is 2.59 bits per heavy atom. The van der Waals surface area contributed by atoms with E-state index < -0.39 is 0 Å². The van der Waals surface area contributed by atoms with Crippen LogP contribution in [0.25, 0.3) is 0 Å². The molecule has 1 N–H and O–H groups in total. The molecule has 0 heterocycles. The molecule has 0 unspecified atom stereocenters. The summed E-state index contributed by atoms with van der Waals surface area (Å²) in [6, 6.07) is 7.93. The van der Waals surface area contributed by atoms with Crippen LogP contribution < -0.4 is 10.1 Å². The Morgan fingerprint density at radius 1 is 1.27 bits per heavy atom. The number of hydrogen-bond donors (Lipinski definition) is 1. The first kappa shape index (κ1) is 18.5. The van der Waals surface area contributed by atoms with Crippen molar-refractivity contribution in [1.82, 2.24) is 10.2 Å². The third-order valence-electron chi connectivity index (χ3n) is 3.41. The van der Waals surface area contributed by atoms with Crippen molar-refractivity contribution in [1.29, 1.82) is 0 Å². The van der Waals surface area contributed by atoms with Gasteiger partial charge in [-0.2, -0.15) is 0 Å². The molecule has 4 nitrogen and oxygen atoms in total. The van der Waals surface area contributed by atoms with Gasteiger partial charge in [-0.3, -0.25) is 4.79 Å². The number of nitrogens with zero attached hydrogens (tertiary/aromatic N) is 1. The summed E-state index contributed by atoms with van der Waals surface area (Å²) in [5.41, 5.74) is 1.20. The Morgan fingerprint density at radius 2 is 1.95 bits per heavy atom. The fraction of sp³-hybridized carbons (Fsp3) is 0.611. The van der Waals surface area contributed by atoms with Crippen LogP contribution in [0, 0.1) is 12.3 Å². The van der Waals surface area contributed by atoms with E-state index in [1.165, 1.54) is 0 Å². The van der Waals surface area contributed by atoms with Gasteiger partial charge in [0.2, 0.25) is 5.91 Å². The zero-order valence-electron chi connectivity index (χ0n) is 14.6. The molecule has 0 aliphatic carbocycles. The number of amides is 1. The number of benzene rings is 1. The first-order chi connectivity index (χ1) is 10.3. The zero-order valence-corrected chi connectivity index (χ0v) is 14.6. The molecule has 0 bridgehead atoms. The van der Waals surface area contributed by atoms with E-state index in [1.807, 2.05) is 45.3 Å². The molecule has 1 aromatic carbocycles. The lowest BCUT2D eigenvalue weighted by molar-refractivity contribution is -0.121. The van der Waals surface area contributed by atoms with E-state index in [2.05, 4.69) is 24.1 Å². The molecule has 1 aromatic rings. The number of para-hydroxylation sites is 1. The molecule has 0 atom stereocenters. The first-order valence-corrected chi connectivity index (χ1v) is 7.90. The van der Waals surface area contributed by atoms with E-state index in [1.54, 1.807) is 0 Å². The highest BCUT2D eigenvalue weighted by Crippen LogP contribution is 2.16. The molecule has 0 fully saturated rings. The van der Waals surface area contributed by atoms with Gasteiger partial charge in [-0.15, -0.1) is 0 Å². The molecule has 0 aliphatic heterocycles. The molecular formula is C18H30N2O2. The van der Waals surface area contributed by atoms with Crippen molar-refractivity contribution >= 4 is 5.91 Å².